The predicted octanol–water partition coefficient (Wildman–Crippen LogP) is 1.87. The van der Waals surface area contributed by atoms with Crippen molar-refractivity contribution in [2.75, 3.05) is 24.6 Å². The highest BCUT2D eigenvalue weighted by atomic mass is 32.2. The fourth-order valence-electron chi connectivity index (χ4n) is 2.58. The molecule has 0 aliphatic carbocycles. The predicted molar refractivity (Wildman–Crippen MR) is 93.0 cm³/mol. The van der Waals surface area contributed by atoms with Crippen molar-refractivity contribution in [1.29, 1.82) is 0 Å². The number of nitrogens with zero attached hydrogens (tertiary/aromatic N) is 1. The standard InChI is InChI=1S/C16H22F3N3O3S/c1-2-20-15(22-13-8-10-26(23,24)11-13)21-9-7-12-3-5-14(6-4-12)25-16(17,18)19/h3-6,13H,2,7-11H2,1H3,(H2,20,21,22). The van der Waals surface area contributed by atoms with Gasteiger partial charge in [0.2, 0.25) is 0 Å². The Morgan fingerprint density at radius 3 is 2.54 bits per heavy atom. The molecule has 1 heterocycles. The fraction of sp³-hybridized carbons (Fsp3) is 0.562. The molecule has 1 saturated heterocycles. The van der Waals surface area contributed by atoms with E-state index in [2.05, 4.69) is 20.4 Å². The van der Waals surface area contributed by atoms with Gasteiger partial charge in [0.15, 0.2) is 15.8 Å². The number of hydrogen-bond donors (Lipinski definition) is 2. The van der Waals surface area contributed by atoms with Crippen molar-refractivity contribution in [2.45, 2.75) is 32.2 Å². The van der Waals surface area contributed by atoms with Gasteiger partial charge < -0.3 is 15.4 Å². The molecular formula is C16H22F3N3O3S. The van der Waals surface area contributed by atoms with Gasteiger partial charge in [-0.1, -0.05) is 12.1 Å². The van der Waals surface area contributed by atoms with Crippen molar-refractivity contribution in [3.63, 3.8) is 0 Å². The summed E-state index contributed by atoms with van der Waals surface area (Å²) in [5.74, 6) is 0.544. The lowest BCUT2D eigenvalue weighted by atomic mass is 10.1. The van der Waals surface area contributed by atoms with Gasteiger partial charge in [-0.15, -0.1) is 13.2 Å². The third kappa shape index (κ3) is 7.11. The lowest BCUT2D eigenvalue weighted by Gasteiger charge is -2.15. The Labute approximate surface area is 150 Å². The second-order valence-electron chi connectivity index (χ2n) is 5.95. The number of halogens is 3. The van der Waals surface area contributed by atoms with Gasteiger partial charge >= 0.3 is 6.36 Å². The van der Waals surface area contributed by atoms with Gasteiger partial charge in [-0.3, -0.25) is 4.99 Å². The summed E-state index contributed by atoms with van der Waals surface area (Å²) in [5.41, 5.74) is 0.822. The Kier molecular flexibility index (Phi) is 6.74. The van der Waals surface area contributed by atoms with E-state index in [1.807, 2.05) is 6.92 Å². The minimum Gasteiger partial charge on any atom is -0.406 e. The summed E-state index contributed by atoms with van der Waals surface area (Å²) in [6.45, 7) is 2.95. The minimum absolute atomic E-state index is 0.0953. The SMILES string of the molecule is CCNC(=NCCc1ccc(OC(F)(F)F)cc1)NC1CCS(=O)(=O)C1. The third-order valence-electron chi connectivity index (χ3n) is 3.74. The second-order valence-corrected chi connectivity index (χ2v) is 8.18. The quantitative estimate of drug-likeness (QED) is 0.570. The average Bonchev–Trinajstić information content (AvgIpc) is 2.86. The van der Waals surface area contributed by atoms with E-state index in [9.17, 15) is 21.6 Å². The van der Waals surface area contributed by atoms with Crippen LogP contribution in [0.15, 0.2) is 29.3 Å². The first-order valence-corrected chi connectivity index (χ1v) is 10.1. The van der Waals surface area contributed by atoms with Crippen LogP contribution in [0.3, 0.4) is 0 Å². The van der Waals surface area contributed by atoms with Gasteiger partial charge in [0, 0.05) is 19.1 Å². The number of aliphatic imine (C=N–C) groups is 1. The molecule has 146 valence electrons. The number of ether oxygens (including phenoxy) is 1. The largest absolute Gasteiger partial charge is 0.573 e. The lowest BCUT2D eigenvalue weighted by molar-refractivity contribution is -0.274. The van der Waals surface area contributed by atoms with Crippen LogP contribution in [0, 0.1) is 0 Å². The zero-order valence-electron chi connectivity index (χ0n) is 14.3. The molecule has 1 atom stereocenters. The molecule has 1 aliphatic rings. The molecule has 0 saturated carbocycles. The molecule has 1 fully saturated rings. The van der Waals surface area contributed by atoms with Crippen molar-refractivity contribution in [3.8, 4) is 5.75 Å². The zero-order chi connectivity index (χ0) is 19.2. The highest BCUT2D eigenvalue weighted by Gasteiger charge is 2.31. The van der Waals surface area contributed by atoms with E-state index in [0.717, 1.165) is 5.56 Å². The maximum atomic E-state index is 12.1. The van der Waals surface area contributed by atoms with Crippen LogP contribution < -0.4 is 15.4 Å². The number of alkyl halides is 3. The Hall–Kier alpha value is -1.97. The Morgan fingerprint density at radius 2 is 2.00 bits per heavy atom. The summed E-state index contributed by atoms with van der Waals surface area (Å²) in [5, 5.41) is 6.17. The van der Waals surface area contributed by atoms with Gasteiger partial charge in [-0.05, 0) is 37.5 Å². The van der Waals surface area contributed by atoms with E-state index >= 15 is 0 Å². The van der Waals surface area contributed by atoms with Gasteiger partial charge in [-0.2, -0.15) is 0 Å². The summed E-state index contributed by atoms with van der Waals surface area (Å²) >= 11 is 0. The molecule has 1 unspecified atom stereocenters. The van der Waals surface area contributed by atoms with E-state index in [-0.39, 0.29) is 23.3 Å². The first-order valence-electron chi connectivity index (χ1n) is 8.27. The zero-order valence-corrected chi connectivity index (χ0v) is 15.2. The van der Waals surface area contributed by atoms with Crippen LogP contribution in [0.25, 0.3) is 0 Å². The van der Waals surface area contributed by atoms with Crippen LogP contribution in [-0.4, -0.2) is 51.4 Å². The Balaban J connectivity index is 1.87. The molecule has 1 aromatic carbocycles. The molecular weight excluding hydrogens is 371 g/mol. The van der Waals surface area contributed by atoms with Crippen LogP contribution >= 0.6 is 0 Å². The third-order valence-corrected chi connectivity index (χ3v) is 5.51. The normalized spacial score (nSPS) is 20.0. The minimum atomic E-state index is -4.70. The van der Waals surface area contributed by atoms with Crippen molar-refractivity contribution in [3.05, 3.63) is 29.8 Å². The fourth-order valence-corrected chi connectivity index (χ4v) is 4.25. The van der Waals surface area contributed by atoms with Crippen LogP contribution in [0.2, 0.25) is 0 Å². The summed E-state index contributed by atoms with van der Waals surface area (Å²) < 4.78 is 63.2. The molecule has 2 rings (SSSR count). The van der Waals surface area contributed by atoms with Gasteiger partial charge in [0.1, 0.15) is 5.75 Å². The van der Waals surface area contributed by atoms with E-state index < -0.39 is 16.2 Å². The number of rotatable bonds is 6. The van der Waals surface area contributed by atoms with Crippen LogP contribution in [0.5, 0.6) is 5.75 Å². The molecule has 0 aromatic heterocycles. The molecule has 26 heavy (non-hydrogen) atoms. The summed E-state index contributed by atoms with van der Waals surface area (Å²) in [7, 11) is -2.97. The molecule has 10 heteroatoms. The number of benzene rings is 1. The summed E-state index contributed by atoms with van der Waals surface area (Å²) in [6, 6.07) is 5.48. The summed E-state index contributed by atoms with van der Waals surface area (Å²) in [6.07, 6.45) is -3.62. The smallest absolute Gasteiger partial charge is 0.406 e. The number of sulfone groups is 1. The molecule has 0 spiro atoms. The number of guanidine groups is 1. The van der Waals surface area contributed by atoms with Gasteiger partial charge in [-0.25, -0.2) is 8.42 Å². The van der Waals surface area contributed by atoms with Crippen LogP contribution in [0.1, 0.15) is 18.9 Å². The van der Waals surface area contributed by atoms with Gasteiger partial charge in [0.25, 0.3) is 0 Å². The maximum absolute atomic E-state index is 12.1. The van der Waals surface area contributed by atoms with Crippen molar-refractivity contribution < 1.29 is 26.3 Å². The van der Waals surface area contributed by atoms with E-state index in [0.29, 0.717) is 31.9 Å². The average molecular weight is 393 g/mol. The summed E-state index contributed by atoms with van der Waals surface area (Å²) in [4.78, 5) is 4.39. The van der Waals surface area contributed by atoms with Crippen molar-refractivity contribution in [2.24, 2.45) is 4.99 Å². The van der Waals surface area contributed by atoms with Crippen LogP contribution in [-0.2, 0) is 16.3 Å². The first kappa shape index (κ1) is 20.3. The Bertz CT molecular complexity index is 718. The van der Waals surface area contributed by atoms with Crippen LogP contribution in [0.4, 0.5) is 13.2 Å². The lowest BCUT2D eigenvalue weighted by Crippen LogP contribution is -2.44. The van der Waals surface area contributed by atoms with E-state index in [1.54, 1.807) is 12.1 Å². The highest BCUT2D eigenvalue weighted by molar-refractivity contribution is 7.91. The molecule has 0 bridgehead atoms. The van der Waals surface area contributed by atoms with E-state index in [1.165, 1.54) is 12.1 Å². The van der Waals surface area contributed by atoms with Gasteiger partial charge in [0.05, 0.1) is 11.5 Å². The van der Waals surface area contributed by atoms with Crippen molar-refractivity contribution in [1.82, 2.24) is 10.6 Å². The molecule has 1 aromatic rings. The first-order chi connectivity index (χ1) is 12.2. The second kappa shape index (κ2) is 8.61. The number of nitrogens with one attached hydrogen (secondary N) is 2. The monoisotopic (exact) mass is 393 g/mol. The maximum Gasteiger partial charge on any atom is 0.573 e. The van der Waals surface area contributed by atoms with Crippen molar-refractivity contribution >= 4 is 15.8 Å². The highest BCUT2D eigenvalue weighted by Crippen LogP contribution is 2.22. The Morgan fingerprint density at radius 1 is 1.31 bits per heavy atom. The molecule has 2 N–H and O–H groups in total. The topological polar surface area (TPSA) is 79.8 Å². The molecule has 0 radical (unpaired) electrons. The number of hydrogen-bond acceptors (Lipinski definition) is 4. The molecule has 1 aliphatic heterocycles. The molecule has 6 nitrogen and oxygen atoms in total. The van der Waals surface area contributed by atoms with E-state index in [4.69, 9.17) is 0 Å². The molecule has 0 amide bonds.